The molecule has 5 N–H and O–H groups in total. The summed E-state index contributed by atoms with van der Waals surface area (Å²) in [6.45, 7) is 1.56. The van der Waals surface area contributed by atoms with E-state index in [1.165, 1.54) is 0 Å². The van der Waals surface area contributed by atoms with Crippen LogP contribution in [0.5, 0.6) is 0 Å². The highest BCUT2D eigenvalue weighted by Gasteiger charge is 2.59. The van der Waals surface area contributed by atoms with Crippen molar-refractivity contribution in [3.05, 3.63) is 0 Å². The standard InChI is InChI=1S/C8H13O9P/c1-3(5(9)10)8(2,7(13)14)4(6(11)12)18(15,16)17/h3-4H,1-2H3,(H,9,10)(H,11,12)(H,13,14)(H2,15,16,17). The Kier molecular flexibility index (Phi) is 4.65. The van der Waals surface area contributed by atoms with Crippen molar-refractivity contribution in [3.63, 3.8) is 0 Å². The highest BCUT2D eigenvalue weighted by Crippen LogP contribution is 2.53. The second kappa shape index (κ2) is 5.05. The Morgan fingerprint density at radius 1 is 1.06 bits per heavy atom. The summed E-state index contributed by atoms with van der Waals surface area (Å²) in [5.41, 5.74) is -5.29. The Morgan fingerprint density at radius 2 is 1.44 bits per heavy atom. The van der Waals surface area contributed by atoms with E-state index >= 15 is 0 Å². The molecular weight excluding hydrogens is 271 g/mol. The van der Waals surface area contributed by atoms with Gasteiger partial charge in [0.25, 0.3) is 0 Å². The Morgan fingerprint density at radius 3 is 1.61 bits per heavy atom. The van der Waals surface area contributed by atoms with Gasteiger partial charge in [-0.15, -0.1) is 0 Å². The molecule has 3 atom stereocenters. The largest absolute Gasteiger partial charge is 0.481 e. The monoisotopic (exact) mass is 284 g/mol. The summed E-state index contributed by atoms with van der Waals surface area (Å²) in [7, 11) is -5.34. The van der Waals surface area contributed by atoms with Gasteiger partial charge < -0.3 is 25.1 Å². The zero-order chi connectivity index (χ0) is 14.9. The number of hydrogen-bond donors (Lipinski definition) is 5. The molecule has 0 aromatic carbocycles. The van der Waals surface area contributed by atoms with Crippen LogP contribution in [0.4, 0.5) is 0 Å². The zero-order valence-electron chi connectivity index (χ0n) is 9.47. The number of carboxylic acids is 3. The van der Waals surface area contributed by atoms with E-state index in [0.717, 1.165) is 6.92 Å². The van der Waals surface area contributed by atoms with E-state index in [4.69, 9.17) is 25.1 Å². The van der Waals surface area contributed by atoms with Crippen molar-refractivity contribution in [2.75, 3.05) is 0 Å². The van der Waals surface area contributed by atoms with Gasteiger partial charge >= 0.3 is 25.5 Å². The lowest BCUT2D eigenvalue weighted by Gasteiger charge is -2.34. The smallest absolute Gasteiger partial charge is 0.340 e. The molecular formula is C8H13O9P. The van der Waals surface area contributed by atoms with Crippen LogP contribution >= 0.6 is 7.60 Å². The third-order valence-corrected chi connectivity index (χ3v) is 4.30. The number of carbonyl (C=O) groups is 3. The fraction of sp³-hybridized carbons (Fsp3) is 0.625. The first-order valence-corrected chi connectivity index (χ1v) is 6.29. The van der Waals surface area contributed by atoms with Crippen LogP contribution in [0.1, 0.15) is 13.8 Å². The molecule has 0 aromatic rings. The molecule has 0 saturated carbocycles. The SMILES string of the molecule is CC(C(=O)O)C(C)(C(=O)O)C(C(=O)O)P(=O)(O)O. The summed E-state index contributed by atoms with van der Waals surface area (Å²) in [6.07, 6.45) is 0. The van der Waals surface area contributed by atoms with Gasteiger partial charge in [-0.3, -0.25) is 18.9 Å². The van der Waals surface area contributed by atoms with Crippen LogP contribution in [-0.2, 0) is 18.9 Å². The van der Waals surface area contributed by atoms with Gasteiger partial charge in [0.15, 0.2) is 5.66 Å². The summed E-state index contributed by atoms with van der Waals surface area (Å²) in [5, 5.41) is 26.5. The molecule has 0 amide bonds. The van der Waals surface area contributed by atoms with Crippen molar-refractivity contribution >= 4 is 25.5 Å². The van der Waals surface area contributed by atoms with E-state index in [2.05, 4.69) is 0 Å². The third kappa shape index (κ3) is 2.87. The number of hydrogen-bond acceptors (Lipinski definition) is 4. The van der Waals surface area contributed by atoms with E-state index in [0.29, 0.717) is 6.92 Å². The molecule has 0 rings (SSSR count). The van der Waals surface area contributed by atoms with Gasteiger partial charge in [0.2, 0.25) is 0 Å². The molecule has 0 heterocycles. The van der Waals surface area contributed by atoms with Crippen LogP contribution in [-0.4, -0.2) is 48.7 Å². The molecule has 0 bridgehead atoms. The predicted octanol–water partition coefficient (Wildman–Crippen LogP) is -0.571. The molecule has 18 heavy (non-hydrogen) atoms. The molecule has 0 spiro atoms. The third-order valence-electron chi connectivity index (χ3n) is 2.87. The van der Waals surface area contributed by atoms with Crippen molar-refractivity contribution in [1.82, 2.24) is 0 Å². The van der Waals surface area contributed by atoms with Crippen molar-refractivity contribution in [2.45, 2.75) is 19.5 Å². The molecule has 10 heteroatoms. The summed E-state index contributed by atoms with van der Waals surface area (Å²) in [5.74, 6) is -7.45. The zero-order valence-corrected chi connectivity index (χ0v) is 10.4. The van der Waals surface area contributed by atoms with Gasteiger partial charge in [0.1, 0.15) is 5.41 Å². The maximum Gasteiger partial charge on any atom is 0.340 e. The van der Waals surface area contributed by atoms with Crippen LogP contribution < -0.4 is 0 Å². The fourth-order valence-electron chi connectivity index (χ4n) is 1.55. The van der Waals surface area contributed by atoms with Gasteiger partial charge in [-0.05, 0) is 6.92 Å². The first-order valence-electron chi connectivity index (χ1n) is 4.61. The second-order valence-electron chi connectivity index (χ2n) is 3.98. The topological polar surface area (TPSA) is 169 Å². The molecule has 0 aromatic heterocycles. The van der Waals surface area contributed by atoms with Crippen molar-refractivity contribution < 1.29 is 44.1 Å². The fourth-order valence-corrected chi connectivity index (χ4v) is 2.87. The molecule has 0 aliphatic carbocycles. The van der Waals surface area contributed by atoms with Crippen LogP contribution in [0, 0.1) is 11.3 Å². The minimum absolute atomic E-state index is 0.687. The van der Waals surface area contributed by atoms with Gasteiger partial charge in [-0.25, -0.2) is 0 Å². The van der Waals surface area contributed by atoms with Gasteiger partial charge in [0.05, 0.1) is 5.92 Å². The summed E-state index contributed by atoms with van der Waals surface area (Å²) in [6, 6.07) is 0. The van der Waals surface area contributed by atoms with Crippen molar-refractivity contribution in [2.24, 2.45) is 11.3 Å². The Bertz CT molecular complexity index is 424. The van der Waals surface area contributed by atoms with Gasteiger partial charge in [-0.1, -0.05) is 6.92 Å². The lowest BCUT2D eigenvalue weighted by atomic mass is 9.75. The Balaban J connectivity index is 6.02. The number of rotatable bonds is 6. The normalized spacial score (nSPS) is 18.4. The van der Waals surface area contributed by atoms with Crippen LogP contribution in [0.15, 0.2) is 0 Å². The number of carboxylic acid groups (broad SMARTS) is 3. The minimum atomic E-state index is -5.34. The molecule has 9 nitrogen and oxygen atoms in total. The molecule has 0 aliphatic heterocycles. The molecule has 0 radical (unpaired) electrons. The average molecular weight is 284 g/mol. The van der Waals surface area contributed by atoms with Gasteiger partial charge in [-0.2, -0.15) is 0 Å². The molecule has 3 unspecified atom stereocenters. The van der Waals surface area contributed by atoms with Crippen LogP contribution in [0.3, 0.4) is 0 Å². The lowest BCUT2D eigenvalue weighted by molar-refractivity contribution is -0.164. The minimum Gasteiger partial charge on any atom is -0.481 e. The quantitative estimate of drug-likeness (QED) is 0.400. The first-order chi connectivity index (χ1) is 7.86. The van der Waals surface area contributed by atoms with E-state index < -0.39 is 42.5 Å². The van der Waals surface area contributed by atoms with Crippen molar-refractivity contribution in [3.8, 4) is 0 Å². The van der Waals surface area contributed by atoms with Crippen molar-refractivity contribution in [1.29, 1.82) is 0 Å². The number of aliphatic carboxylic acids is 3. The summed E-state index contributed by atoms with van der Waals surface area (Å²) < 4.78 is 11.1. The molecule has 0 saturated heterocycles. The first kappa shape index (κ1) is 16.6. The van der Waals surface area contributed by atoms with E-state index in [9.17, 15) is 18.9 Å². The Hall–Kier alpha value is -1.44. The maximum atomic E-state index is 11.1. The predicted molar refractivity (Wildman–Crippen MR) is 56.0 cm³/mol. The molecule has 0 aliphatic rings. The highest BCUT2D eigenvalue weighted by atomic mass is 31.2. The highest BCUT2D eigenvalue weighted by molar-refractivity contribution is 7.53. The molecule has 0 fully saturated rings. The van der Waals surface area contributed by atoms with E-state index in [1.807, 2.05) is 0 Å². The summed E-state index contributed by atoms with van der Waals surface area (Å²) in [4.78, 5) is 50.6. The van der Waals surface area contributed by atoms with Crippen LogP contribution in [0.25, 0.3) is 0 Å². The van der Waals surface area contributed by atoms with Gasteiger partial charge in [0, 0.05) is 0 Å². The van der Waals surface area contributed by atoms with E-state index in [-0.39, 0.29) is 0 Å². The summed E-state index contributed by atoms with van der Waals surface area (Å²) >= 11 is 0. The Labute approximate surface area is 101 Å². The average Bonchev–Trinajstić information content (AvgIpc) is 2.12. The maximum absolute atomic E-state index is 11.1. The van der Waals surface area contributed by atoms with E-state index in [1.54, 1.807) is 0 Å². The second-order valence-corrected chi connectivity index (χ2v) is 5.67. The molecule has 104 valence electrons. The lowest BCUT2D eigenvalue weighted by Crippen LogP contribution is -2.51. The van der Waals surface area contributed by atoms with Crippen LogP contribution in [0.2, 0.25) is 0 Å².